The SMILES string of the molecule is CC(C)Cc1cccc(OCCOCCc2ccccc2C(C)(C)[NH3+])c1CC(C)C. The third kappa shape index (κ3) is 7.77. The first-order valence-corrected chi connectivity index (χ1v) is 11.4. The molecule has 0 aliphatic rings. The van der Waals surface area contributed by atoms with Crippen molar-refractivity contribution in [1.29, 1.82) is 0 Å². The van der Waals surface area contributed by atoms with Gasteiger partial charge in [-0.25, -0.2) is 0 Å². The summed E-state index contributed by atoms with van der Waals surface area (Å²) in [6.07, 6.45) is 3.05. The van der Waals surface area contributed by atoms with Gasteiger partial charge in [-0.3, -0.25) is 0 Å². The highest BCUT2D eigenvalue weighted by Gasteiger charge is 2.21. The molecular formula is C27H42NO2+. The summed E-state index contributed by atoms with van der Waals surface area (Å²) in [7, 11) is 0. The van der Waals surface area contributed by atoms with Gasteiger partial charge in [-0.2, -0.15) is 0 Å². The van der Waals surface area contributed by atoms with Gasteiger partial charge in [0.15, 0.2) is 0 Å². The fourth-order valence-corrected chi connectivity index (χ4v) is 3.91. The predicted octanol–water partition coefficient (Wildman–Crippen LogP) is 5.20. The third-order valence-corrected chi connectivity index (χ3v) is 5.22. The zero-order valence-electron chi connectivity index (χ0n) is 20.0. The van der Waals surface area contributed by atoms with Crippen molar-refractivity contribution in [1.82, 2.24) is 0 Å². The van der Waals surface area contributed by atoms with Crippen LogP contribution in [0.4, 0.5) is 0 Å². The number of hydrogen-bond donors (Lipinski definition) is 1. The fraction of sp³-hybridized carbons (Fsp3) is 0.556. The molecule has 0 aliphatic heterocycles. The average molecular weight is 413 g/mol. The van der Waals surface area contributed by atoms with Gasteiger partial charge in [0.05, 0.1) is 13.2 Å². The van der Waals surface area contributed by atoms with Gasteiger partial charge in [0.25, 0.3) is 0 Å². The third-order valence-electron chi connectivity index (χ3n) is 5.22. The Kier molecular flexibility index (Phi) is 9.38. The van der Waals surface area contributed by atoms with Gasteiger partial charge in [0, 0.05) is 5.56 Å². The maximum atomic E-state index is 6.16. The molecule has 3 N–H and O–H groups in total. The molecule has 0 atom stereocenters. The second-order valence-electron chi connectivity index (χ2n) is 9.84. The Morgan fingerprint density at radius 3 is 2.13 bits per heavy atom. The molecular weight excluding hydrogens is 370 g/mol. The summed E-state index contributed by atoms with van der Waals surface area (Å²) in [5.74, 6) is 2.27. The van der Waals surface area contributed by atoms with Crippen LogP contribution in [0.15, 0.2) is 42.5 Å². The highest BCUT2D eigenvalue weighted by atomic mass is 16.5. The normalized spacial score (nSPS) is 12.0. The molecule has 0 saturated heterocycles. The summed E-state index contributed by atoms with van der Waals surface area (Å²) in [4.78, 5) is 0. The molecule has 2 aromatic carbocycles. The summed E-state index contributed by atoms with van der Waals surface area (Å²) in [6, 6.07) is 15.0. The molecule has 0 heterocycles. The second-order valence-corrected chi connectivity index (χ2v) is 9.84. The van der Waals surface area contributed by atoms with Gasteiger partial charge in [-0.15, -0.1) is 0 Å². The molecule has 2 aromatic rings. The fourth-order valence-electron chi connectivity index (χ4n) is 3.91. The van der Waals surface area contributed by atoms with Crippen LogP contribution in [0.5, 0.6) is 5.75 Å². The summed E-state index contributed by atoms with van der Waals surface area (Å²) >= 11 is 0. The molecule has 0 aliphatic carbocycles. The lowest BCUT2D eigenvalue weighted by Gasteiger charge is -2.20. The molecule has 0 bridgehead atoms. The van der Waals surface area contributed by atoms with Crippen molar-refractivity contribution < 1.29 is 15.2 Å². The highest BCUT2D eigenvalue weighted by molar-refractivity contribution is 5.41. The van der Waals surface area contributed by atoms with Crippen molar-refractivity contribution in [3.8, 4) is 5.75 Å². The van der Waals surface area contributed by atoms with E-state index in [0.717, 1.165) is 25.0 Å². The molecule has 3 nitrogen and oxygen atoms in total. The molecule has 30 heavy (non-hydrogen) atoms. The number of quaternary nitrogens is 1. The first-order chi connectivity index (χ1) is 14.2. The van der Waals surface area contributed by atoms with E-state index in [-0.39, 0.29) is 5.54 Å². The maximum Gasteiger partial charge on any atom is 0.122 e. The average Bonchev–Trinajstić information content (AvgIpc) is 2.65. The van der Waals surface area contributed by atoms with Gasteiger partial charge in [0.2, 0.25) is 0 Å². The molecule has 0 radical (unpaired) electrons. The predicted molar refractivity (Wildman–Crippen MR) is 126 cm³/mol. The minimum absolute atomic E-state index is 0.0898. The van der Waals surface area contributed by atoms with Crippen molar-refractivity contribution >= 4 is 0 Å². The lowest BCUT2D eigenvalue weighted by Crippen LogP contribution is -2.66. The van der Waals surface area contributed by atoms with Crippen molar-refractivity contribution in [2.24, 2.45) is 11.8 Å². The van der Waals surface area contributed by atoms with Crippen LogP contribution in [0.3, 0.4) is 0 Å². The molecule has 166 valence electrons. The van der Waals surface area contributed by atoms with Crippen molar-refractivity contribution in [3.63, 3.8) is 0 Å². The van der Waals surface area contributed by atoms with Crippen LogP contribution in [0.2, 0.25) is 0 Å². The smallest absolute Gasteiger partial charge is 0.122 e. The van der Waals surface area contributed by atoms with E-state index >= 15 is 0 Å². The zero-order chi connectivity index (χ0) is 22.1. The van der Waals surface area contributed by atoms with E-state index in [4.69, 9.17) is 9.47 Å². The minimum atomic E-state index is -0.0898. The first kappa shape index (κ1) is 24.4. The van der Waals surface area contributed by atoms with Gasteiger partial charge in [0.1, 0.15) is 17.9 Å². The Balaban J connectivity index is 1.88. The van der Waals surface area contributed by atoms with E-state index in [1.54, 1.807) is 0 Å². The number of hydrogen-bond acceptors (Lipinski definition) is 2. The summed E-state index contributed by atoms with van der Waals surface area (Å²) in [5.41, 5.74) is 9.60. The number of ether oxygens (including phenoxy) is 2. The van der Waals surface area contributed by atoms with Crippen LogP contribution in [0, 0.1) is 11.8 Å². The monoisotopic (exact) mass is 412 g/mol. The summed E-state index contributed by atoms with van der Waals surface area (Å²) in [5, 5.41) is 0. The van der Waals surface area contributed by atoms with Crippen LogP contribution in [-0.4, -0.2) is 19.8 Å². The minimum Gasteiger partial charge on any atom is -0.491 e. The molecule has 0 saturated carbocycles. The van der Waals surface area contributed by atoms with E-state index in [1.807, 2.05) is 0 Å². The Bertz CT molecular complexity index is 775. The summed E-state index contributed by atoms with van der Waals surface area (Å²) in [6.45, 7) is 15.3. The Morgan fingerprint density at radius 1 is 0.800 bits per heavy atom. The molecule has 3 heteroatoms. The molecule has 0 fully saturated rings. The quantitative estimate of drug-likeness (QED) is 0.487. The molecule has 0 aromatic heterocycles. The summed E-state index contributed by atoms with van der Waals surface area (Å²) < 4.78 is 12.1. The van der Waals surface area contributed by atoms with Crippen molar-refractivity contribution in [2.45, 2.75) is 66.3 Å². The van der Waals surface area contributed by atoms with Gasteiger partial charge < -0.3 is 15.2 Å². The topological polar surface area (TPSA) is 46.1 Å². The van der Waals surface area contributed by atoms with E-state index in [1.165, 1.54) is 22.3 Å². The zero-order valence-corrected chi connectivity index (χ0v) is 20.0. The Morgan fingerprint density at radius 2 is 1.47 bits per heavy atom. The van der Waals surface area contributed by atoms with E-state index in [0.29, 0.717) is 31.7 Å². The second kappa shape index (κ2) is 11.5. The molecule has 2 rings (SSSR count). The van der Waals surface area contributed by atoms with Crippen molar-refractivity contribution in [2.75, 3.05) is 19.8 Å². The van der Waals surface area contributed by atoms with Crippen molar-refractivity contribution in [3.05, 3.63) is 64.7 Å². The lowest BCUT2D eigenvalue weighted by molar-refractivity contribution is -0.475. The lowest BCUT2D eigenvalue weighted by atomic mass is 9.90. The largest absolute Gasteiger partial charge is 0.491 e. The van der Waals surface area contributed by atoms with Crippen LogP contribution >= 0.6 is 0 Å². The van der Waals surface area contributed by atoms with Gasteiger partial charge in [-0.1, -0.05) is 64.1 Å². The number of benzene rings is 2. The van der Waals surface area contributed by atoms with Gasteiger partial charge >= 0.3 is 0 Å². The Labute approximate surface area is 184 Å². The van der Waals surface area contributed by atoms with Crippen LogP contribution < -0.4 is 10.5 Å². The van der Waals surface area contributed by atoms with Gasteiger partial charge in [-0.05, 0) is 67.7 Å². The van der Waals surface area contributed by atoms with Crippen LogP contribution in [0.1, 0.15) is 63.8 Å². The Hall–Kier alpha value is -1.84. The van der Waals surface area contributed by atoms with E-state index < -0.39 is 0 Å². The van der Waals surface area contributed by atoms with Crippen LogP contribution in [-0.2, 0) is 29.5 Å². The van der Waals surface area contributed by atoms with E-state index in [9.17, 15) is 0 Å². The molecule has 0 unspecified atom stereocenters. The first-order valence-electron chi connectivity index (χ1n) is 11.4. The standard InChI is InChI=1S/C27H41NO2/c1-20(2)18-23-11-9-13-26(24(23)19-21(3)4)30-17-16-29-15-14-22-10-7-8-12-25(22)27(5,6)28/h7-13,20-21H,14-19,28H2,1-6H3/p+1. The molecule has 0 amide bonds. The molecule has 0 spiro atoms. The van der Waals surface area contributed by atoms with E-state index in [2.05, 4.69) is 89.7 Å². The maximum absolute atomic E-state index is 6.16. The number of rotatable bonds is 12. The highest BCUT2D eigenvalue weighted by Crippen LogP contribution is 2.27. The van der Waals surface area contributed by atoms with Crippen LogP contribution in [0.25, 0.3) is 0 Å².